The highest BCUT2D eigenvalue weighted by atomic mass is 32.1. The summed E-state index contributed by atoms with van der Waals surface area (Å²) in [6.07, 6.45) is 3.98. The van der Waals surface area contributed by atoms with Gasteiger partial charge in [-0.2, -0.15) is 0 Å². The standard InChI is InChI=1S/C15H19NO4S/c1-8-9-4-2-3-5-12(9)21-14(8)16-13(17)10-6-7-11(20-10)15(18)19/h10-11H,2-7H2,1H3,(H,16,17)(H,18,19)/t10-,11+/m0/s1. The van der Waals surface area contributed by atoms with Crippen molar-refractivity contribution in [1.82, 2.24) is 0 Å². The van der Waals surface area contributed by atoms with Crippen molar-refractivity contribution in [2.45, 2.75) is 57.7 Å². The van der Waals surface area contributed by atoms with Crippen LogP contribution in [0.2, 0.25) is 0 Å². The monoisotopic (exact) mass is 309 g/mol. The van der Waals surface area contributed by atoms with Gasteiger partial charge in [-0.1, -0.05) is 0 Å². The number of carbonyl (C=O) groups excluding carboxylic acids is 1. The predicted molar refractivity (Wildman–Crippen MR) is 79.9 cm³/mol. The summed E-state index contributed by atoms with van der Waals surface area (Å²) in [7, 11) is 0. The van der Waals surface area contributed by atoms with E-state index in [4.69, 9.17) is 9.84 Å². The van der Waals surface area contributed by atoms with E-state index in [1.54, 1.807) is 11.3 Å². The second-order valence-electron chi connectivity index (χ2n) is 5.68. The molecular weight excluding hydrogens is 290 g/mol. The Balaban J connectivity index is 1.68. The van der Waals surface area contributed by atoms with Crippen molar-refractivity contribution in [3.8, 4) is 0 Å². The first-order valence-electron chi connectivity index (χ1n) is 7.36. The first-order chi connectivity index (χ1) is 10.1. The van der Waals surface area contributed by atoms with Crippen molar-refractivity contribution in [2.24, 2.45) is 0 Å². The number of hydrogen-bond acceptors (Lipinski definition) is 4. The van der Waals surface area contributed by atoms with E-state index in [0.717, 1.165) is 23.4 Å². The third-order valence-electron chi connectivity index (χ3n) is 4.26. The molecule has 0 saturated carbocycles. The van der Waals surface area contributed by atoms with Gasteiger partial charge in [-0.25, -0.2) is 4.79 Å². The number of carboxylic acids is 1. The lowest BCUT2D eigenvalue weighted by Gasteiger charge is -2.12. The van der Waals surface area contributed by atoms with E-state index in [1.807, 2.05) is 6.92 Å². The van der Waals surface area contributed by atoms with Gasteiger partial charge in [-0.05, 0) is 56.6 Å². The Morgan fingerprint density at radius 2 is 1.95 bits per heavy atom. The van der Waals surface area contributed by atoms with Gasteiger partial charge in [0.15, 0.2) is 6.10 Å². The van der Waals surface area contributed by atoms with Crippen LogP contribution in [0.4, 0.5) is 5.00 Å². The van der Waals surface area contributed by atoms with E-state index in [-0.39, 0.29) is 5.91 Å². The zero-order valence-electron chi connectivity index (χ0n) is 12.0. The molecule has 1 aromatic heterocycles. The summed E-state index contributed by atoms with van der Waals surface area (Å²) >= 11 is 1.65. The molecule has 114 valence electrons. The number of fused-ring (bicyclic) bond motifs is 1. The van der Waals surface area contributed by atoms with Gasteiger partial charge in [-0.15, -0.1) is 11.3 Å². The van der Waals surface area contributed by atoms with Crippen molar-refractivity contribution < 1.29 is 19.4 Å². The van der Waals surface area contributed by atoms with Crippen LogP contribution in [0.15, 0.2) is 0 Å². The third kappa shape index (κ3) is 2.82. The molecule has 0 unspecified atom stereocenters. The topological polar surface area (TPSA) is 75.6 Å². The second-order valence-corrected chi connectivity index (χ2v) is 6.79. The number of aryl methyl sites for hydroxylation is 1. The number of ether oxygens (including phenoxy) is 1. The van der Waals surface area contributed by atoms with Crippen LogP contribution in [0.3, 0.4) is 0 Å². The van der Waals surface area contributed by atoms with Gasteiger partial charge in [0.05, 0.1) is 5.00 Å². The van der Waals surface area contributed by atoms with Crippen molar-refractivity contribution in [3.63, 3.8) is 0 Å². The highest BCUT2D eigenvalue weighted by Gasteiger charge is 2.35. The van der Waals surface area contributed by atoms with Gasteiger partial charge in [-0.3, -0.25) is 4.79 Å². The van der Waals surface area contributed by atoms with Crippen LogP contribution in [0.25, 0.3) is 0 Å². The minimum absolute atomic E-state index is 0.222. The molecule has 3 rings (SSSR count). The lowest BCUT2D eigenvalue weighted by Crippen LogP contribution is -2.29. The summed E-state index contributed by atoms with van der Waals surface area (Å²) in [6, 6.07) is 0. The van der Waals surface area contributed by atoms with Gasteiger partial charge in [0.2, 0.25) is 0 Å². The van der Waals surface area contributed by atoms with E-state index in [2.05, 4.69) is 5.32 Å². The van der Waals surface area contributed by atoms with Gasteiger partial charge >= 0.3 is 5.97 Å². The van der Waals surface area contributed by atoms with Crippen LogP contribution in [-0.4, -0.2) is 29.2 Å². The summed E-state index contributed by atoms with van der Waals surface area (Å²) < 4.78 is 5.29. The summed E-state index contributed by atoms with van der Waals surface area (Å²) in [4.78, 5) is 24.5. The molecule has 6 heteroatoms. The minimum atomic E-state index is -0.993. The van der Waals surface area contributed by atoms with Crippen LogP contribution in [0, 0.1) is 6.92 Å². The fourth-order valence-corrected chi connectivity index (χ4v) is 4.35. The lowest BCUT2D eigenvalue weighted by molar-refractivity contribution is -0.150. The summed E-state index contributed by atoms with van der Waals surface area (Å²) in [5, 5.41) is 12.7. The van der Waals surface area contributed by atoms with Crippen LogP contribution in [0.1, 0.15) is 41.7 Å². The number of amides is 1. The minimum Gasteiger partial charge on any atom is -0.479 e. The van der Waals surface area contributed by atoms with Crippen LogP contribution < -0.4 is 5.32 Å². The first-order valence-corrected chi connectivity index (χ1v) is 8.18. The quantitative estimate of drug-likeness (QED) is 0.899. The number of carboxylic acid groups (broad SMARTS) is 1. The molecule has 1 amide bonds. The van der Waals surface area contributed by atoms with E-state index in [9.17, 15) is 9.59 Å². The average Bonchev–Trinajstić information content (AvgIpc) is 3.06. The molecule has 2 N–H and O–H groups in total. The Hall–Kier alpha value is -1.40. The summed E-state index contributed by atoms with van der Waals surface area (Å²) in [5.74, 6) is -1.21. The molecule has 0 radical (unpaired) electrons. The largest absolute Gasteiger partial charge is 0.479 e. The number of thiophene rings is 1. The van der Waals surface area contributed by atoms with Gasteiger partial charge in [0.1, 0.15) is 6.10 Å². The third-order valence-corrected chi connectivity index (χ3v) is 5.57. The van der Waals surface area contributed by atoms with Crippen molar-refractivity contribution in [2.75, 3.05) is 5.32 Å². The molecule has 2 aliphatic rings. The Labute approximate surface area is 127 Å². The van der Waals surface area contributed by atoms with Gasteiger partial charge < -0.3 is 15.2 Å². The van der Waals surface area contributed by atoms with E-state index in [0.29, 0.717) is 12.8 Å². The normalized spacial score (nSPS) is 24.6. The zero-order chi connectivity index (χ0) is 15.0. The molecule has 2 heterocycles. The van der Waals surface area contributed by atoms with Crippen LogP contribution in [0.5, 0.6) is 0 Å². The first kappa shape index (κ1) is 14.5. The number of carbonyl (C=O) groups is 2. The van der Waals surface area contributed by atoms with Gasteiger partial charge in [0.25, 0.3) is 5.91 Å². The molecule has 1 fully saturated rings. The van der Waals surface area contributed by atoms with Crippen molar-refractivity contribution in [1.29, 1.82) is 0 Å². The maximum Gasteiger partial charge on any atom is 0.332 e. The Kier molecular flexibility index (Phi) is 3.99. The Morgan fingerprint density at radius 3 is 2.62 bits per heavy atom. The molecular formula is C15H19NO4S. The summed E-state index contributed by atoms with van der Waals surface area (Å²) in [5.41, 5.74) is 2.55. The fraction of sp³-hybridized carbons (Fsp3) is 0.600. The maximum atomic E-state index is 12.2. The molecule has 0 aromatic carbocycles. The molecule has 0 spiro atoms. The van der Waals surface area contributed by atoms with Gasteiger partial charge in [0, 0.05) is 4.88 Å². The van der Waals surface area contributed by atoms with Crippen LogP contribution in [-0.2, 0) is 27.2 Å². The van der Waals surface area contributed by atoms with E-state index >= 15 is 0 Å². The number of anilines is 1. The maximum absolute atomic E-state index is 12.2. The highest BCUT2D eigenvalue weighted by Crippen LogP contribution is 2.37. The molecule has 1 aliphatic heterocycles. The Bertz CT molecular complexity index is 580. The van der Waals surface area contributed by atoms with Crippen LogP contribution >= 0.6 is 11.3 Å². The smallest absolute Gasteiger partial charge is 0.332 e. The number of hydrogen-bond donors (Lipinski definition) is 2. The number of aliphatic carboxylic acids is 1. The van der Waals surface area contributed by atoms with E-state index in [1.165, 1.54) is 23.3 Å². The lowest BCUT2D eigenvalue weighted by atomic mass is 9.96. The fourth-order valence-electron chi connectivity index (χ4n) is 3.05. The van der Waals surface area contributed by atoms with Crippen molar-refractivity contribution >= 4 is 28.2 Å². The molecule has 1 aliphatic carbocycles. The molecule has 1 saturated heterocycles. The molecule has 1 aromatic rings. The van der Waals surface area contributed by atoms with Crippen molar-refractivity contribution in [3.05, 3.63) is 16.0 Å². The zero-order valence-corrected chi connectivity index (χ0v) is 12.8. The summed E-state index contributed by atoms with van der Waals surface area (Å²) in [6.45, 7) is 2.05. The molecule has 2 atom stereocenters. The molecule has 5 nitrogen and oxygen atoms in total. The SMILES string of the molecule is Cc1c(NC(=O)[C@@H]2CC[C@H](C(=O)O)O2)sc2c1CCCC2. The Morgan fingerprint density at radius 1 is 1.24 bits per heavy atom. The highest BCUT2D eigenvalue weighted by molar-refractivity contribution is 7.16. The van der Waals surface area contributed by atoms with E-state index < -0.39 is 18.2 Å². The molecule has 0 bridgehead atoms. The predicted octanol–water partition coefficient (Wildman–Crippen LogP) is 2.51. The average molecular weight is 309 g/mol. The molecule has 21 heavy (non-hydrogen) atoms. The number of rotatable bonds is 3. The second kappa shape index (κ2) is 5.77. The number of nitrogens with one attached hydrogen (secondary N) is 1.